The first-order valence-corrected chi connectivity index (χ1v) is 10.8. The van der Waals surface area contributed by atoms with Crippen LogP contribution >= 0.6 is 11.8 Å². The average molecular weight is 385 g/mol. The van der Waals surface area contributed by atoms with Crippen LogP contribution in [0.5, 0.6) is 0 Å². The van der Waals surface area contributed by atoms with Gasteiger partial charge < -0.3 is 9.88 Å². The molecule has 27 heavy (non-hydrogen) atoms. The molecule has 0 spiro atoms. The molecule has 0 unspecified atom stereocenters. The fourth-order valence-corrected chi connectivity index (χ4v) is 4.28. The van der Waals surface area contributed by atoms with Crippen molar-refractivity contribution in [3.63, 3.8) is 0 Å². The predicted molar refractivity (Wildman–Crippen MR) is 111 cm³/mol. The summed E-state index contributed by atoms with van der Waals surface area (Å²) < 4.78 is 2.12. The second-order valence-electron chi connectivity index (χ2n) is 6.96. The molecule has 144 valence electrons. The molecule has 0 radical (unpaired) electrons. The normalized spacial score (nSPS) is 14.9. The summed E-state index contributed by atoms with van der Waals surface area (Å²) in [6.45, 7) is 6.66. The third-order valence-electron chi connectivity index (χ3n) is 5.01. The highest BCUT2D eigenvalue weighted by molar-refractivity contribution is 7.99. The number of allylic oxidation sites excluding steroid dienone is 1. The summed E-state index contributed by atoms with van der Waals surface area (Å²) in [7, 11) is 0. The van der Waals surface area contributed by atoms with E-state index in [0.29, 0.717) is 18.2 Å². The van der Waals surface area contributed by atoms with Crippen LogP contribution < -0.4 is 5.32 Å². The minimum absolute atomic E-state index is 0.0309. The van der Waals surface area contributed by atoms with Gasteiger partial charge in [0.1, 0.15) is 5.82 Å². The third kappa shape index (κ3) is 5.22. The molecule has 0 atom stereocenters. The Morgan fingerprint density at radius 3 is 2.67 bits per heavy atom. The number of thioether (sulfide) groups is 1. The fourth-order valence-electron chi connectivity index (χ4n) is 3.52. The summed E-state index contributed by atoms with van der Waals surface area (Å²) in [5, 5.41) is 12.6. The number of hydrogen-bond acceptors (Lipinski definition) is 4. The standard InChI is InChI=1S/C21H28N4OS/c1-3-14-25-20(17-8-6-5-7-9-17)23-24-21(25)27-15-19(26)22-18-12-10-16(4-2)11-13-18/h3,10-13,17H,1,4-9,14-15H2,2H3,(H,22,26). The molecule has 1 aliphatic rings. The van der Waals surface area contributed by atoms with E-state index in [9.17, 15) is 4.79 Å². The van der Waals surface area contributed by atoms with Crippen molar-refractivity contribution >= 4 is 23.4 Å². The van der Waals surface area contributed by atoms with Crippen molar-refractivity contribution in [1.82, 2.24) is 14.8 Å². The largest absolute Gasteiger partial charge is 0.325 e. The summed E-state index contributed by atoms with van der Waals surface area (Å²) in [6, 6.07) is 7.98. The first kappa shape index (κ1) is 19.7. The molecular weight excluding hydrogens is 356 g/mol. The zero-order valence-corrected chi connectivity index (χ0v) is 16.8. The molecule has 1 saturated carbocycles. The Kier molecular flexibility index (Phi) is 7.10. The molecule has 0 aliphatic heterocycles. The lowest BCUT2D eigenvalue weighted by Crippen LogP contribution is -2.15. The molecule has 6 heteroatoms. The lowest BCUT2D eigenvalue weighted by Gasteiger charge is -2.21. The van der Waals surface area contributed by atoms with Crippen LogP contribution in [0.2, 0.25) is 0 Å². The number of aromatic nitrogens is 3. The van der Waals surface area contributed by atoms with E-state index in [1.165, 1.54) is 49.4 Å². The maximum absolute atomic E-state index is 12.3. The number of anilines is 1. The van der Waals surface area contributed by atoms with Crippen molar-refractivity contribution in [2.45, 2.75) is 63.1 Å². The third-order valence-corrected chi connectivity index (χ3v) is 5.97. The molecule has 1 fully saturated rings. The Balaban J connectivity index is 1.61. The molecule has 1 aliphatic carbocycles. The number of rotatable bonds is 8. The van der Waals surface area contributed by atoms with E-state index in [2.05, 4.69) is 33.6 Å². The summed E-state index contributed by atoms with van der Waals surface area (Å²) in [4.78, 5) is 12.3. The van der Waals surface area contributed by atoms with Gasteiger partial charge in [0.2, 0.25) is 5.91 Å². The van der Waals surface area contributed by atoms with Crippen molar-refractivity contribution < 1.29 is 4.79 Å². The number of hydrogen-bond donors (Lipinski definition) is 1. The number of aryl methyl sites for hydroxylation is 1. The Morgan fingerprint density at radius 2 is 2.00 bits per heavy atom. The van der Waals surface area contributed by atoms with Crippen molar-refractivity contribution in [1.29, 1.82) is 0 Å². The number of nitrogens with one attached hydrogen (secondary N) is 1. The van der Waals surface area contributed by atoms with Gasteiger partial charge in [-0.15, -0.1) is 16.8 Å². The average Bonchev–Trinajstić information content (AvgIpc) is 3.10. The number of amides is 1. The molecule has 5 nitrogen and oxygen atoms in total. The predicted octanol–water partition coefficient (Wildman–Crippen LogP) is 4.81. The Bertz CT molecular complexity index is 763. The zero-order chi connectivity index (χ0) is 19.1. The Hall–Kier alpha value is -2.08. The van der Waals surface area contributed by atoms with Gasteiger partial charge in [0.05, 0.1) is 5.75 Å². The topological polar surface area (TPSA) is 59.8 Å². The van der Waals surface area contributed by atoms with Gasteiger partial charge in [0.25, 0.3) is 0 Å². The molecule has 1 amide bonds. The summed E-state index contributed by atoms with van der Waals surface area (Å²) >= 11 is 1.44. The molecular formula is C21H28N4OS. The molecule has 2 aromatic rings. The summed E-state index contributed by atoms with van der Waals surface area (Å²) in [5.74, 6) is 1.81. The molecule has 1 heterocycles. The molecule has 1 aromatic carbocycles. The molecule has 0 bridgehead atoms. The van der Waals surface area contributed by atoms with E-state index in [1.807, 2.05) is 30.3 Å². The van der Waals surface area contributed by atoms with Gasteiger partial charge in [-0.05, 0) is 37.0 Å². The van der Waals surface area contributed by atoms with Gasteiger partial charge in [-0.2, -0.15) is 0 Å². The number of benzene rings is 1. The van der Waals surface area contributed by atoms with Crippen molar-refractivity contribution in [3.05, 3.63) is 48.3 Å². The van der Waals surface area contributed by atoms with Crippen LogP contribution in [0.1, 0.15) is 56.3 Å². The Labute approximate surface area is 165 Å². The van der Waals surface area contributed by atoms with Crippen LogP contribution in [0.25, 0.3) is 0 Å². The van der Waals surface area contributed by atoms with Crippen LogP contribution in [0.3, 0.4) is 0 Å². The second-order valence-corrected chi connectivity index (χ2v) is 7.90. The van der Waals surface area contributed by atoms with E-state index in [-0.39, 0.29) is 5.91 Å². The van der Waals surface area contributed by atoms with Crippen LogP contribution in [0, 0.1) is 0 Å². The Morgan fingerprint density at radius 1 is 1.26 bits per heavy atom. The van der Waals surface area contributed by atoms with E-state index in [1.54, 1.807) is 0 Å². The van der Waals surface area contributed by atoms with Gasteiger partial charge in [-0.25, -0.2) is 0 Å². The zero-order valence-electron chi connectivity index (χ0n) is 16.0. The van der Waals surface area contributed by atoms with Gasteiger partial charge in [-0.3, -0.25) is 4.79 Å². The minimum Gasteiger partial charge on any atom is -0.325 e. The molecule has 1 N–H and O–H groups in total. The smallest absolute Gasteiger partial charge is 0.234 e. The van der Waals surface area contributed by atoms with E-state index >= 15 is 0 Å². The molecule has 1 aromatic heterocycles. The summed E-state index contributed by atoms with van der Waals surface area (Å²) in [5.41, 5.74) is 2.09. The number of carbonyl (C=O) groups excluding carboxylic acids is 1. The van der Waals surface area contributed by atoms with Crippen LogP contribution in [-0.2, 0) is 17.8 Å². The van der Waals surface area contributed by atoms with Crippen LogP contribution in [0.4, 0.5) is 5.69 Å². The SMILES string of the molecule is C=CCn1c(SCC(=O)Nc2ccc(CC)cc2)nnc1C1CCCCC1. The highest BCUT2D eigenvalue weighted by Gasteiger charge is 2.23. The summed E-state index contributed by atoms with van der Waals surface area (Å²) in [6.07, 6.45) is 9.04. The van der Waals surface area contributed by atoms with Gasteiger partial charge in [0.15, 0.2) is 5.16 Å². The first-order valence-electron chi connectivity index (χ1n) is 9.76. The van der Waals surface area contributed by atoms with Gasteiger partial charge in [-0.1, -0.05) is 56.2 Å². The molecule has 3 rings (SSSR count). The lowest BCUT2D eigenvalue weighted by molar-refractivity contribution is -0.113. The maximum atomic E-state index is 12.3. The van der Waals surface area contributed by atoms with E-state index in [0.717, 1.165) is 23.1 Å². The second kappa shape index (κ2) is 9.74. The first-order chi connectivity index (χ1) is 13.2. The quantitative estimate of drug-likeness (QED) is 0.524. The number of carbonyl (C=O) groups is 1. The van der Waals surface area contributed by atoms with Crippen molar-refractivity contribution in [3.8, 4) is 0 Å². The van der Waals surface area contributed by atoms with E-state index in [4.69, 9.17) is 0 Å². The highest BCUT2D eigenvalue weighted by atomic mass is 32.2. The minimum atomic E-state index is -0.0309. The molecule has 0 saturated heterocycles. The van der Waals surface area contributed by atoms with Crippen LogP contribution in [-0.4, -0.2) is 26.4 Å². The fraction of sp³-hybridized carbons (Fsp3) is 0.476. The lowest BCUT2D eigenvalue weighted by atomic mass is 9.89. The van der Waals surface area contributed by atoms with Gasteiger partial charge >= 0.3 is 0 Å². The van der Waals surface area contributed by atoms with Crippen LogP contribution in [0.15, 0.2) is 42.1 Å². The van der Waals surface area contributed by atoms with Crippen molar-refractivity contribution in [2.75, 3.05) is 11.1 Å². The van der Waals surface area contributed by atoms with Crippen molar-refractivity contribution in [2.24, 2.45) is 0 Å². The number of nitrogens with zero attached hydrogens (tertiary/aromatic N) is 3. The van der Waals surface area contributed by atoms with E-state index < -0.39 is 0 Å². The maximum Gasteiger partial charge on any atom is 0.234 e. The highest BCUT2D eigenvalue weighted by Crippen LogP contribution is 2.33. The van der Waals surface area contributed by atoms with Gasteiger partial charge in [0, 0.05) is 18.2 Å². The monoisotopic (exact) mass is 384 g/mol.